The Balaban J connectivity index is 1.81. The van der Waals surface area contributed by atoms with Crippen LogP contribution in [0.4, 0.5) is 5.69 Å². The Morgan fingerprint density at radius 1 is 1.16 bits per heavy atom. The number of halogens is 1. The van der Waals surface area contributed by atoms with Gasteiger partial charge < -0.3 is 10.6 Å². The maximum absolute atomic E-state index is 5.74. The predicted molar refractivity (Wildman–Crippen MR) is 84.4 cm³/mol. The number of hydrogen-bond acceptors (Lipinski definition) is 2. The molecule has 19 heavy (non-hydrogen) atoms. The summed E-state index contributed by atoms with van der Waals surface area (Å²) in [6.45, 7) is 1.82. The molecule has 1 unspecified atom stereocenters. The molecular weight excluding hydrogens is 300 g/mol. The van der Waals surface area contributed by atoms with Crippen molar-refractivity contribution in [3.8, 4) is 0 Å². The lowest BCUT2D eigenvalue weighted by Crippen LogP contribution is -2.34. The van der Waals surface area contributed by atoms with Gasteiger partial charge in [-0.1, -0.05) is 34.8 Å². The fourth-order valence-electron chi connectivity index (χ4n) is 3.83. The van der Waals surface area contributed by atoms with Crippen molar-refractivity contribution in [1.29, 1.82) is 0 Å². The van der Waals surface area contributed by atoms with Gasteiger partial charge in [0.2, 0.25) is 0 Å². The van der Waals surface area contributed by atoms with Crippen LogP contribution in [0.2, 0.25) is 0 Å². The van der Waals surface area contributed by atoms with Gasteiger partial charge in [0.15, 0.2) is 0 Å². The smallest absolute Gasteiger partial charge is 0.0380 e. The maximum atomic E-state index is 5.74. The first-order chi connectivity index (χ1) is 9.29. The van der Waals surface area contributed by atoms with E-state index in [-0.39, 0.29) is 0 Å². The molecule has 1 aromatic rings. The summed E-state index contributed by atoms with van der Waals surface area (Å²) in [5.41, 5.74) is 8.31. The highest BCUT2D eigenvalue weighted by Gasteiger charge is 2.33. The maximum Gasteiger partial charge on any atom is 0.0380 e. The van der Waals surface area contributed by atoms with E-state index >= 15 is 0 Å². The van der Waals surface area contributed by atoms with Gasteiger partial charge in [0.25, 0.3) is 0 Å². The molecule has 2 fully saturated rings. The van der Waals surface area contributed by atoms with Crippen LogP contribution in [0.3, 0.4) is 0 Å². The number of nitrogens with two attached hydrogens (primary N) is 1. The summed E-state index contributed by atoms with van der Waals surface area (Å²) < 4.78 is 1.16. The average Bonchev–Trinajstić information content (AvgIpc) is 3.09. The van der Waals surface area contributed by atoms with Gasteiger partial charge in [0.05, 0.1) is 0 Å². The van der Waals surface area contributed by atoms with Crippen LogP contribution in [0.1, 0.15) is 44.1 Å². The zero-order chi connectivity index (χ0) is 13.2. The molecule has 0 spiro atoms. The fraction of sp³-hybridized carbons (Fsp3) is 0.625. The first-order valence-electron chi connectivity index (χ1n) is 7.54. The Morgan fingerprint density at radius 3 is 2.63 bits per heavy atom. The molecule has 1 aliphatic heterocycles. The highest BCUT2D eigenvalue weighted by molar-refractivity contribution is 9.10. The van der Waals surface area contributed by atoms with Crippen LogP contribution < -0.4 is 10.6 Å². The molecule has 3 heteroatoms. The van der Waals surface area contributed by atoms with E-state index in [1.165, 1.54) is 56.3 Å². The molecule has 104 valence electrons. The van der Waals surface area contributed by atoms with Gasteiger partial charge in [0, 0.05) is 29.3 Å². The van der Waals surface area contributed by atoms with Gasteiger partial charge >= 0.3 is 0 Å². The number of nitrogens with zero attached hydrogens (tertiary/aromatic N) is 1. The molecule has 0 bridgehead atoms. The Bertz CT molecular complexity index is 440. The van der Waals surface area contributed by atoms with E-state index in [9.17, 15) is 0 Å². The van der Waals surface area contributed by atoms with Gasteiger partial charge in [-0.3, -0.25) is 0 Å². The molecule has 1 aromatic carbocycles. The third-order valence-corrected chi connectivity index (χ3v) is 5.57. The van der Waals surface area contributed by atoms with Crippen LogP contribution in [0, 0.1) is 5.92 Å². The Kier molecular flexibility index (Phi) is 4.13. The zero-order valence-electron chi connectivity index (χ0n) is 11.4. The molecule has 1 saturated heterocycles. The van der Waals surface area contributed by atoms with Gasteiger partial charge in [-0.05, 0) is 49.3 Å². The monoisotopic (exact) mass is 322 g/mol. The van der Waals surface area contributed by atoms with Crippen molar-refractivity contribution in [1.82, 2.24) is 0 Å². The van der Waals surface area contributed by atoms with E-state index < -0.39 is 0 Å². The van der Waals surface area contributed by atoms with E-state index in [0.717, 1.165) is 16.4 Å². The number of benzene rings is 1. The van der Waals surface area contributed by atoms with E-state index in [0.29, 0.717) is 6.54 Å². The molecular formula is C16H23BrN2. The Hall–Kier alpha value is -0.540. The molecule has 2 aliphatic rings. The lowest BCUT2D eigenvalue weighted by atomic mass is 9.95. The predicted octanol–water partition coefficient (Wildman–Crippen LogP) is 4.07. The fourth-order valence-corrected chi connectivity index (χ4v) is 4.35. The molecule has 0 radical (unpaired) electrons. The minimum Gasteiger partial charge on any atom is -0.368 e. The van der Waals surface area contributed by atoms with Crippen molar-refractivity contribution in [2.45, 2.75) is 51.1 Å². The van der Waals surface area contributed by atoms with E-state index in [1.54, 1.807) is 0 Å². The zero-order valence-corrected chi connectivity index (χ0v) is 13.0. The molecule has 2 nitrogen and oxygen atoms in total. The van der Waals surface area contributed by atoms with Crippen LogP contribution in [-0.2, 0) is 6.54 Å². The normalized spacial score (nSPS) is 24.3. The summed E-state index contributed by atoms with van der Waals surface area (Å²) in [6.07, 6.45) is 8.46. The van der Waals surface area contributed by atoms with Gasteiger partial charge in [-0.2, -0.15) is 0 Å². The van der Waals surface area contributed by atoms with Crippen molar-refractivity contribution in [2.75, 3.05) is 11.4 Å². The number of hydrogen-bond donors (Lipinski definition) is 1. The highest BCUT2D eigenvalue weighted by Crippen LogP contribution is 2.38. The van der Waals surface area contributed by atoms with Crippen molar-refractivity contribution < 1.29 is 0 Å². The summed E-state index contributed by atoms with van der Waals surface area (Å²) in [6, 6.07) is 7.46. The number of anilines is 1. The van der Waals surface area contributed by atoms with Crippen molar-refractivity contribution in [3.05, 3.63) is 28.2 Å². The first-order valence-corrected chi connectivity index (χ1v) is 8.34. The lowest BCUT2D eigenvalue weighted by molar-refractivity contribution is 0.431. The van der Waals surface area contributed by atoms with E-state index in [4.69, 9.17) is 5.73 Å². The highest BCUT2D eigenvalue weighted by atomic mass is 79.9. The SMILES string of the molecule is NCc1ccc(N2CCCC2C2CCCC2)cc1Br. The Labute approximate surface area is 124 Å². The van der Waals surface area contributed by atoms with Gasteiger partial charge in [-0.25, -0.2) is 0 Å². The third-order valence-electron chi connectivity index (χ3n) is 4.83. The van der Waals surface area contributed by atoms with E-state index in [1.807, 2.05) is 0 Å². The van der Waals surface area contributed by atoms with Crippen molar-refractivity contribution >= 4 is 21.6 Å². The molecule has 1 heterocycles. The van der Waals surface area contributed by atoms with Crippen LogP contribution in [0.5, 0.6) is 0 Å². The second-order valence-corrected chi connectivity index (χ2v) is 6.78. The van der Waals surface area contributed by atoms with Crippen molar-refractivity contribution in [2.24, 2.45) is 11.7 Å². The first kappa shape index (κ1) is 13.4. The summed E-state index contributed by atoms with van der Waals surface area (Å²) in [7, 11) is 0. The molecule has 0 aromatic heterocycles. The third kappa shape index (κ3) is 2.68. The van der Waals surface area contributed by atoms with Gasteiger partial charge in [-0.15, -0.1) is 0 Å². The van der Waals surface area contributed by atoms with Crippen molar-refractivity contribution in [3.63, 3.8) is 0 Å². The molecule has 1 atom stereocenters. The van der Waals surface area contributed by atoms with E-state index in [2.05, 4.69) is 39.0 Å². The molecule has 3 rings (SSSR count). The largest absolute Gasteiger partial charge is 0.368 e. The van der Waals surface area contributed by atoms with Crippen LogP contribution in [-0.4, -0.2) is 12.6 Å². The average molecular weight is 323 g/mol. The molecule has 1 saturated carbocycles. The second-order valence-electron chi connectivity index (χ2n) is 5.93. The summed E-state index contributed by atoms with van der Waals surface area (Å²) in [5, 5.41) is 0. The lowest BCUT2D eigenvalue weighted by Gasteiger charge is -2.31. The summed E-state index contributed by atoms with van der Waals surface area (Å²) in [4.78, 5) is 2.64. The Morgan fingerprint density at radius 2 is 1.95 bits per heavy atom. The standard InChI is InChI=1S/C16H23BrN2/c17-15-10-14(8-7-13(15)11-18)19-9-3-6-16(19)12-4-1-2-5-12/h7-8,10,12,16H,1-6,9,11,18H2. The summed E-state index contributed by atoms with van der Waals surface area (Å²) in [5.74, 6) is 0.926. The molecule has 0 amide bonds. The van der Waals surface area contributed by atoms with Gasteiger partial charge in [0.1, 0.15) is 0 Å². The topological polar surface area (TPSA) is 29.3 Å². The van der Waals surface area contributed by atoms with Crippen LogP contribution >= 0.6 is 15.9 Å². The minimum atomic E-state index is 0.604. The second kappa shape index (κ2) is 5.84. The van der Waals surface area contributed by atoms with Crippen LogP contribution in [0.25, 0.3) is 0 Å². The molecule has 1 aliphatic carbocycles. The minimum absolute atomic E-state index is 0.604. The quantitative estimate of drug-likeness (QED) is 0.909. The summed E-state index contributed by atoms with van der Waals surface area (Å²) >= 11 is 3.65. The number of rotatable bonds is 3. The molecule has 2 N–H and O–H groups in total. The van der Waals surface area contributed by atoms with Crippen LogP contribution in [0.15, 0.2) is 22.7 Å².